The lowest BCUT2D eigenvalue weighted by molar-refractivity contribution is -0.137. The number of alkyl halides is 3. The molecule has 0 amide bonds. The van der Waals surface area contributed by atoms with Gasteiger partial charge in [0.25, 0.3) is 0 Å². The molecule has 2 aliphatic rings. The molecule has 3 heterocycles. The molecule has 8 heteroatoms. The highest BCUT2D eigenvalue weighted by Gasteiger charge is 2.49. The third-order valence-electron chi connectivity index (χ3n) is 6.99. The van der Waals surface area contributed by atoms with Crippen LogP contribution in [0.2, 0.25) is 0 Å². The van der Waals surface area contributed by atoms with E-state index in [0.29, 0.717) is 25.1 Å². The molecular formula is C26H33F3N2O3. The van der Waals surface area contributed by atoms with E-state index in [4.69, 9.17) is 14.5 Å². The third-order valence-corrected chi connectivity index (χ3v) is 6.99. The molecule has 0 bridgehead atoms. The average Bonchev–Trinajstić information content (AvgIpc) is 3.03. The largest absolute Gasteiger partial charge is 0.417 e. The SMILES string of the molecule is COCCC1(C)OC(c2ccc(C(F)(F)F)cn2)c2c(C(C)C)nc3c(c21)C(O)CC(C)(C)C3. The van der Waals surface area contributed by atoms with E-state index >= 15 is 0 Å². The molecule has 1 N–H and O–H groups in total. The highest BCUT2D eigenvalue weighted by atomic mass is 19.4. The summed E-state index contributed by atoms with van der Waals surface area (Å²) in [5, 5.41) is 11.3. The molecule has 2 aromatic rings. The van der Waals surface area contributed by atoms with E-state index < -0.39 is 29.5 Å². The van der Waals surface area contributed by atoms with Crippen molar-refractivity contribution in [3.05, 3.63) is 57.7 Å². The molecule has 1 aliphatic heterocycles. The van der Waals surface area contributed by atoms with Crippen molar-refractivity contribution < 1.29 is 27.8 Å². The van der Waals surface area contributed by atoms with Gasteiger partial charge in [-0.1, -0.05) is 27.7 Å². The molecule has 2 aromatic heterocycles. The van der Waals surface area contributed by atoms with Gasteiger partial charge < -0.3 is 14.6 Å². The van der Waals surface area contributed by atoms with Gasteiger partial charge in [0.05, 0.1) is 23.0 Å². The number of rotatable bonds is 5. The molecule has 0 spiro atoms. The van der Waals surface area contributed by atoms with E-state index in [1.807, 2.05) is 20.8 Å². The molecule has 0 saturated carbocycles. The summed E-state index contributed by atoms with van der Waals surface area (Å²) in [6, 6.07) is 2.41. The summed E-state index contributed by atoms with van der Waals surface area (Å²) in [6.07, 6.45) is -3.15. The smallest absolute Gasteiger partial charge is 0.388 e. The predicted molar refractivity (Wildman–Crippen MR) is 121 cm³/mol. The highest BCUT2D eigenvalue weighted by Crippen LogP contribution is 2.55. The molecule has 186 valence electrons. The van der Waals surface area contributed by atoms with Crippen LogP contribution < -0.4 is 0 Å². The second-order valence-corrected chi connectivity index (χ2v) is 10.8. The minimum Gasteiger partial charge on any atom is -0.388 e. The Kier molecular flexibility index (Phi) is 6.32. The molecule has 5 nitrogen and oxygen atoms in total. The zero-order chi connectivity index (χ0) is 25.1. The average molecular weight is 479 g/mol. The first kappa shape index (κ1) is 25.1. The summed E-state index contributed by atoms with van der Waals surface area (Å²) >= 11 is 0. The summed E-state index contributed by atoms with van der Waals surface area (Å²) in [7, 11) is 1.62. The van der Waals surface area contributed by atoms with Crippen LogP contribution in [0.3, 0.4) is 0 Å². The minimum atomic E-state index is -4.46. The van der Waals surface area contributed by atoms with Crippen molar-refractivity contribution in [2.24, 2.45) is 5.41 Å². The van der Waals surface area contributed by atoms with Crippen LogP contribution >= 0.6 is 0 Å². The molecule has 0 radical (unpaired) electrons. The molecule has 0 saturated heterocycles. The second kappa shape index (κ2) is 8.57. The van der Waals surface area contributed by atoms with Gasteiger partial charge in [-0.25, -0.2) is 0 Å². The fourth-order valence-electron chi connectivity index (χ4n) is 5.40. The Hall–Kier alpha value is -2.03. The maximum atomic E-state index is 13.1. The van der Waals surface area contributed by atoms with Crippen molar-refractivity contribution in [3.8, 4) is 0 Å². The number of aliphatic hydroxyl groups is 1. The number of aliphatic hydroxyl groups excluding tert-OH is 1. The summed E-state index contributed by atoms with van der Waals surface area (Å²) < 4.78 is 51.4. The quantitative estimate of drug-likeness (QED) is 0.571. The molecule has 34 heavy (non-hydrogen) atoms. The first-order chi connectivity index (χ1) is 15.8. The van der Waals surface area contributed by atoms with E-state index in [-0.39, 0.29) is 11.3 Å². The number of nitrogens with zero attached hydrogens (tertiary/aromatic N) is 2. The topological polar surface area (TPSA) is 64.5 Å². The van der Waals surface area contributed by atoms with Crippen molar-refractivity contribution in [1.82, 2.24) is 9.97 Å². The number of aromatic nitrogens is 2. The number of hydrogen-bond donors (Lipinski definition) is 1. The summed E-state index contributed by atoms with van der Waals surface area (Å²) in [5.41, 5.74) is 2.91. The Morgan fingerprint density at radius 3 is 2.47 bits per heavy atom. The van der Waals surface area contributed by atoms with Crippen LogP contribution in [0.15, 0.2) is 18.3 Å². The number of methoxy groups -OCH3 is 1. The first-order valence-electron chi connectivity index (χ1n) is 11.7. The maximum absolute atomic E-state index is 13.1. The normalized spacial score (nSPS) is 26.0. The number of pyridine rings is 2. The molecule has 1 aliphatic carbocycles. The summed E-state index contributed by atoms with van der Waals surface area (Å²) in [4.78, 5) is 9.19. The van der Waals surface area contributed by atoms with Gasteiger partial charge in [0.1, 0.15) is 6.10 Å². The van der Waals surface area contributed by atoms with Gasteiger partial charge in [0.2, 0.25) is 0 Å². The van der Waals surface area contributed by atoms with Crippen LogP contribution in [0.1, 0.15) is 105 Å². The Labute approximate surface area is 198 Å². The monoisotopic (exact) mass is 478 g/mol. The lowest BCUT2D eigenvalue weighted by atomic mass is 9.70. The molecular weight excluding hydrogens is 445 g/mol. The van der Waals surface area contributed by atoms with Crippen molar-refractivity contribution in [3.63, 3.8) is 0 Å². The van der Waals surface area contributed by atoms with Crippen LogP contribution in [0.25, 0.3) is 0 Å². The van der Waals surface area contributed by atoms with E-state index in [9.17, 15) is 18.3 Å². The van der Waals surface area contributed by atoms with E-state index in [1.165, 1.54) is 6.07 Å². The lowest BCUT2D eigenvalue weighted by Gasteiger charge is -2.38. The summed E-state index contributed by atoms with van der Waals surface area (Å²) in [5.74, 6) is 0.0477. The van der Waals surface area contributed by atoms with Gasteiger partial charge in [0, 0.05) is 48.8 Å². The zero-order valence-electron chi connectivity index (χ0n) is 20.6. The second-order valence-electron chi connectivity index (χ2n) is 10.8. The fraction of sp³-hybridized carbons (Fsp3) is 0.615. The Balaban J connectivity index is 1.95. The molecule has 3 unspecified atom stereocenters. The van der Waals surface area contributed by atoms with Crippen LogP contribution in [-0.4, -0.2) is 28.8 Å². The van der Waals surface area contributed by atoms with Crippen molar-refractivity contribution in [2.75, 3.05) is 13.7 Å². The standard InChI is InChI=1S/C26H33F3N2O3/c1-14(2)22-20-21(19-17(31-22)11-24(3,4)12-18(19)32)25(5,9-10-33-6)34-23(20)16-8-7-15(13-30-16)26(27,28)29/h7-8,13-14,18,23,32H,9-12H2,1-6H3. The third kappa shape index (κ3) is 4.36. The Bertz CT molecular complexity index is 1070. The molecule has 3 atom stereocenters. The van der Waals surface area contributed by atoms with Crippen LogP contribution in [0, 0.1) is 5.41 Å². The van der Waals surface area contributed by atoms with E-state index in [1.54, 1.807) is 7.11 Å². The van der Waals surface area contributed by atoms with Crippen LogP contribution in [-0.2, 0) is 27.7 Å². The molecule has 4 rings (SSSR count). The van der Waals surface area contributed by atoms with Gasteiger partial charge in [-0.3, -0.25) is 9.97 Å². The van der Waals surface area contributed by atoms with Crippen molar-refractivity contribution in [1.29, 1.82) is 0 Å². The van der Waals surface area contributed by atoms with Gasteiger partial charge >= 0.3 is 6.18 Å². The first-order valence-corrected chi connectivity index (χ1v) is 11.7. The van der Waals surface area contributed by atoms with E-state index in [0.717, 1.165) is 46.8 Å². The van der Waals surface area contributed by atoms with Gasteiger partial charge in [-0.05, 0) is 48.8 Å². The van der Waals surface area contributed by atoms with Gasteiger partial charge in [0.15, 0.2) is 0 Å². The predicted octanol–water partition coefficient (Wildman–Crippen LogP) is 6.00. The van der Waals surface area contributed by atoms with Crippen LogP contribution in [0.5, 0.6) is 0 Å². The molecule has 0 fully saturated rings. The Morgan fingerprint density at radius 1 is 1.21 bits per heavy atom. The van der Waals surface area contributed by atoms with Crippen molar-refractivity contribution in [2.45, 2.75) is 83.8 Å². The lowest BCUT2D eigenvalue weighted by Crippen LogP contribution is -2.32. The number of halogens is 3. The Morgan fingerprint density at radius 2 is 1.91 bits per heavy atom. The minimum absolute atomic E-state index is 0.0477. The fourth-order valence-corrected chi connectivity index (χ4v) is 5.40. The summed E-state index contributed by atoms with van der Waals surface area (Å²) in [6.45, 7) is 10.7. The number of hydrogen-bond acceptors (Lipinski definition) is 5. The van der Waals surface area contributed by atoms with Gasteiger partial charge in [-0.15, -0.1) is 0 Å². The molecule has 0 aromatic carbocycles. The van der Waals surface area contributed by atoms with Gasteiger partial charge in [-0.2, -0.15) is 13.2 Å². The zero-order valence-corrected chi connectivity index (χ0v) is 20.6. The highest BCUT2D eigenvalue weighted by molar-refractivity contribution is 5.53. The number of ether oxygens (including phenoxy) is 2. The number of fused-ring (bicyclic) bond motifs is 3. The van der Waals surface area contributed by atoms with Crippen molar-refractivity contribution >= 4 is 0 Å². The van der Waals surface area contributed by atoms with E-state index in [2.05, 4.69) is 18.8 Å². The van der Waals surface area contributed by atoms with Crippen LogP contribution in [0.4, 0.5) is 13.2 Å². The maximum Gasteiger partial charge on any atom is 0.417 e.